The minimum atomic E-state index is -4.68. The maximum atomic E-state index is 12.7. The summed E-state index contributed by atoms with van der Waals surface area (Å²) in [5, 5.41) is 11.3. The fourth-order valence-electron chi connectivity index (χ4n) is 1.41. The van der Waals surface area contributed by atoms with Crippen LogP contribution in [0.15, 0.2) is 17.5 Å². The Hall–Kier alpha value is -0.990. The summed E-state index contributed by atoms with van der Waals surface area (Å²) in [6.45, 7) is 0. The molecule has 1 aliphatic carbocycles. The van der Waals surface area contributed by atoms with Crippen molar-refractivity contribution in [2.24, 2.45) is 5.92 Å². The molecule has 1 heterocycles. The van der Waals surface area contributed by atoms with Gasteiger partial charge in [0, 0.05) is 5.92 Å². The topological polar surface area (TPSA) is 20.2 Å². The quantitative estimate of drug-likeness (QED) is 0.755. The molecule has 1 aliphatic rings. The van der Waals surface area contributed by atoms with Crippen LogP contribution in [0.5, 0.6) is 0 Å². The number of halogens is 3. The Morgan fingerprint density at radius 3 is 2.50 bits per heavy atom. The molecule has 1 atom stereocenters. The van der Waals surface area contributed by atoms with E-state index in [0.717, 1.165) is 0 Å². The molecular formula is C11H9F3OS. The van der Waals surface area contributed by atoms with Gasteiger partial charge in [0.05, 0.1) is 4.88 Å². The van der Waals surface area contributed by atoms with Crippen molar-refractivity contribution in [3.63, 3.8) is 0 Å². The van der Waals surface area contributed by atoms with Gasteiger partial charge in [-0.3, -0.25) is 0 Å². The molecule has 1 unspecified atom stereocenters. The van der Waals surface area contributed by atoms with E-state index in [1.165, 1.54) is 11.3 Å². The third kappa shape index (κ3) is 2.08. The second kappa shape index (κ2) is 3.79. The molecule has 1 aromatic heterocycles. The van der Waals surface area contributed by atoms with Gasteiger partial charge in [0.2, 0.25) is 5.60 Å². The first kappa shape index (κ1) is 11.5. The molecule has 0 aromatic carbocycles. The van der Waals surface area contributed by atoms with Gasteiger partial charge in [0.25, 0.3) is 0 Å². The molecule has 0 aliphatic heterocycles. The van der Waals surface area contributed by atoms with Gasteiger partial charge in [-0.2, -0.15) is 13.2 Å². The number of thiophene rings is 1. The molecule has 1 nitrogen and oxygen atoms in total. The molecule has 0 radical (unpaired) electrons. The number of hydrogen-bond acceptors (Lipinski definition) is 2. The molecule has 0 saturated heterocycles. The second-order valence-electron chi connectivity index (χ2n) is 3.77. The Balaban J connectivity index is 2.27. The molecular weight excluding hydrogens is 237 g/mol. The van der Waals surface area contributed by atoms with E-state index in [0.29, 0.717) is 17.7 Å². The SMILES string of the molecule is OC(C#Cc1cccs1)(C1CC1)C(F)(F)F. The first-order valence-electron chi connectivity index (χ1n) is 4.79. The van der Waals surface area contributed by atoms with E-state index in [9.17, 15) is 18.3 Å². The van der Waals surface area contributed by atoms with Crippen LogP contribution in [0.3, 0.4) is 0 Å². The van der Waals surface area contributed by atoms with Crippen molar-refractivity contribution in [1.29, 1.82) is 0 Å². The molecule has 1 aromatic rings. The monoisotopic (exact) mass is 246 g/mol. The minimum absolute atomic E-state index is 0.384. The van der Waals surface area contributed by atoms with Gasteiger partial charge in [0.15, 0.2) is 0 Å². The van der Waals surface area contributed by atoms with Crippen LogP contribution in [0, 0.1) is 17.8 Å². The minimum Gasteiger partial charge on any atom is -0.369 e. The van der Waals surface area contributed by atoms with E-state index in [1.54, 1.807) is 17.5 Å². The lowest BCUT2D eigenvalue weighted by atomic mass is 9.98. The summed E-state index contributed by atoms with van der Waals surface area (Å²) in [5.74, 6) is 3.62. The maximum absolute atomic E-state index is 12.7. The van der Waals surface area contributed by atoms with Crippen molar-refractivity contribution in [2.75, 3.05) is 0 Å². The first-order chi connectivity index (χ1) is 7.43. The fourth-order valence-corrected chi connectivity index (χ4v) is 1.98. The van der Waals surface area contributed by atoms with Crippen LogP contribution in [0.25, 0.3) is 0 Å². The van der Waals surface area contributed by atoms with Gasteiger partial charge in [0.1, 0.15) is 0 Å². The van der Waals surface area contributed by atoms with E-state index >= 15 is 0 Å². The summed E-state index contributed by atoms with van der Waals surface area (Å²) >= 11 is 1.25. The average molecular weight is 246 g/mol. The van der Waals surface area contributed by atoms with Crippen molar-refractivity contribution in [3.05, 3.63) is 22.4 Å². The molecule has 16 heavy (non-hydrogen) atoms. The van der Waals surface area contributed by atoms with E-state index in [1.807, 2.05) is 5.92 Å². The number of alkyl halides is 3. The molecule has 0 spiro atoms. The van der Waals surface area contributed by atoms with Crippen LogP contribution in [0.1, 0.15) is 17.7 Å². The smallest absolute Gasteiger partial charge is 0.369 e. The Labute approximate surface area is 94.9 Å². The maximum Gasteiger partial charge on any atom is 0.428 e. The van der Waals surface area contributed by atoms with Crippen LogP contribution < -0.4 is 0 Å². The third-order valence-electron chi connectivity index (χ3n) is 2.50. The third-order valence-corrected chi connectivity index (χ3v) is 3.28. The van der Waals surface area contributed by atoms with Gasteiger partial charge >= 0.3 is 6.18 Å². The van der Waals surface area contributed by atoms with Crippen molar-refractivity contribution >= 4 is 11.3 Å². The summed E-state index contributed by atoms with van der Waals surface area (Å²) in [6, 6.07) is 3.33. The first-order valence-corrected chi connectivity index (χ1v) is 5.67. The molecule has 1 fully saturated rings. The van der Waals surface area contributed by atoms with E-state index < -0.39 is 17.7 Å². The van der Waals surface area contributed by atoms with Crippen LogP contribution in [-0.4, -0.2) is 16.9 Å². The van der Waals surface area contributed by atoms with Gasteiger partial charge in [-0.15, -0.1) is 11.3 Å². The highest BCUT2D eigenvalue weighted by molar-refractivity contribution is 7.10. The lowest BCUT2D eigenvalue weighted by Crippen LogP contribution is -2.46. The highest BCUT2D eigenvalue weighted by atomic mass is 32.1. The normalized spacial score (nSPS) is 19.8. The van der Waals surface area contributed by atoms with Crippen LogP contribution in [-0.2, 0) is 0 Å². The number of rotatable bonds is 1. The van der Waals surface area contributed by atoms with Crippen molar-refractivity contribution in [1.82, 2.24) is 0 Å². The standard InChI is InChI=1S/C11H9F3OS/c12-11(13,14)10(15,8-3-4-8)6-5-9-2-1-7-16-9/h1-2,7-8,15H,3-4H2. The Kier molecular flexibility index (Phi) is 2.72. The lowest BCUT2D eigenvalue weighted by molar-refractivity contribution is -0.242. The predicted octanol–water partition coefficient (Wildman–Crippen LogP) is 2.80. The van der Waals surface area contributed by atoms with Crippen LogP contribution >= 0.6 is 11.3 Å². The van der Waals surface area contributed by atoms with Gasteiger partial charge in [-0.1, -0.05) is 17.9 Å². The Bertz CT molecular complexity index is 422. The largest absolute Gasteiger partial charge is 0.428 e. The van der Waals surface area contributed by atoms with E-state index in [4.69, 9.17) is 0 Å². The predicted molar refractivity (Wildman–Crippen MR) is 54.9 cm³/mol. The van der Waals surface area contributed by atoms with E-state index in [2.05, 4.69) is 5.92 Å². The highest BCUT2D eigenvalue weighted by Gasteiger charge is 2.61. The fraction of sp³-hybridized carbons (Fsp3) is 0.455. The summed E-state index contributed by atoms with van der Waals surface area (Å²) in [5.41, 5.74) is -2.84. The van der Waals surface area contributed by atoms with Crippen molar-refractivity contribution in [3.8, 4) is 11.8 Å². The molecule has 2 rings (SSSR count). The number of hydrogen-bond donors (Lipinski definition) is 1. The molecule has 5 heteroatoms. The molecule has 0 amide bonds. The highest BCUT2D eigenvalue weighted by Crippen LogP contribution is 2.47. The second-order valence-corrected chi connectivity index (χ2v) is 4.71. The van der Waals surface area contributed by atoms with E-state index in [-0.39, 0.29) is 0 Å². The van der Waals surface area contributed by atoms with Crippen molar-refractivity contribution < 1.29 is 18.3 Å². The summed E-state index contributed by atoms with van der Waals surface area (Å²) in [6.07, 6.45) is -3.91. The molecule has 1 N–H and O–H groups in total. The zero-order chi connectivity index (χ0) is 11.8. The molecule has 0 bridgehead atoms. The van der Waals surface area contributed by atoms with Crippen LogP contribution in [0.4, 0.5) is 13.2 Å². The Morgan fingerprint density at radius 1 is 1.38 bits per heavy atom. The number of aliphatic hydroxyl groups is 1. The summed E-state index contributed by atoms with van der Waals surface area (Å²) < 4.78 is 38.0. The molecule has 86 valence electrons. The lowest BCUT2D eigenvalue weighted by Gasteiger charge is -2.24. The zero-order valence-electron chi connectivity index (χ0n) is 8.21. The van der Waals surface area contributed by atoms with Crippen LogP contribution in [0.2, 0.25) is 0 Å². The summed E-state index contributed by atoms with van der Waals surface area (Å²) in [4.78, 5) is 0.531. The molecule has 1 saturated carbocycles. The average Bonchev–Trinajstić information content (AvgIpc) is 2.91. The Morgan fingerprint density at radius 2 is 2.06 bits per heavy atom. The van der Waals surface area contributed by atoms with Crippen molar-refractivity contribution in [2.45, 2.75) is 24.6 Å². The summed E-state index contributed by atoms with van der Waals surface area (Å²) in [7, 11) is 0. The van der Waals surface area contributed by atoms with Gasteiger partial charge in [-0.05, 0) is 24.3 Å². The van der Waals surface area contributed by atoms with Gasteiger partial charge < -0.3 is 5.11 Å². The van der Waals surface area contributed by atoms with Gasteiger partial charge in [-0.25, -0.2) is 0 Å². The zero-order valence-corrected chi connectivity index (χ0v) is 9.03.